The highest BCUT2D eigenvalue weighted by Crippen LogP contribution is 2.18. The fraction of sp³-hybridized carbons (Fsp3) is 0.429. The van der Waals surface area contributed by atoms with Gasteiger partial charge < -0.3 is 15.7 Å². The molecule has 1 fully saturated rings. The SMILES string of the molecule is CC1NCCC1C(=O)Nc1cccc(CC(=O)O)c1. The van der Waals surface area contributed by atoms with Crippen molar-refractivity contribution in [1.82, 2.24) is 5.32 Å². The average molecular weight is 262 g/mol. The molecule has 5 nitrogen and oxygen atoms in total. The molecular formula is C14H18N2O3. The first kappa shape index (κ1) is 13.5. The molecule has 1 aliphatic heterocycles. The van der Waals surface area contributed by atoms with Crippen molar-refractivity contribution in [2.24, 2.45) is 5.92 Å². The summed E-state index contributed by atoms with van der Waals surface area (Å²) < 4.78 is 0. The molecule has 0 aromatic heterocycles. The molecule has 0 bridgehead atoms. The molecule has 102 valence electrons. The zero-order valence-corrected chi connectivity index (χ0v) is 10.8. The molecule has 0 radical (unpaired) electrons. The van der Waals surface area contributed by atoms with Crippen LogP contribution in [0.1, 0.15) is 18.9 Å². The molecule has 3 N–H and O–H groups in total. The number of carboxylic acids is 1. The summed E-state index contributed by atoms with van der Waals surface area (Å²) in [5, 5.41) is 14.8. The molecule has 1 amide bonds. The van der Waals surface area contributed by atoms with E-state index in [1.54, 1.807) is 24.3 Å². The van der Waals surface area contributed by atoms with Gasteiger partial charge in [-0.3, -0.25) is 9.59 Å². The van der Waals surface area contributed by atoms with Gasteiger partial charge in [-0.05, 0) is 37.6 Å². The van der Waals surface area contributed by atoms with Crippen LogP contribution in [0.2, 0.25) is 0 Å². The van der Waals surface area contributed by atoms with Crippen molar-refractivity contribution >= 4 is 17.6 Å². The maximum Gasteiger partial charge on any atom is 0.307 e. The Balaban J connectivity index is 2.02. The van der Waals surface area contributed by atoms with Crippen molar-refractivity contribution in [3.63, 3.8) is 0 Å². The molecule has 1 heterocycles. The molecule has 0 spiro atoms. The van der Waals surface area contributed by atoms with Crippen LogP contribution in [0.3, 0.4) is 0 Å². The zero-order valence-electron chi connectivity index (χ0n) is 10.8. The number of aliphatic carboxylic acids is 1. The Hall–Kier alpha value is -1.88. The Morgan fingerprint density at radius 1 is 1.47 bits per heavy atom. The molecule has 0 aliphatic carbocycles. The monoisotopic (exact) mass is 262 g/mol. The van der Waals surface area contributed by atoms with E-state index >= 15 is 0 Å². The molecule has 1 saturated heterocycles. The lowest BCUT2D eigenvalue weighted by molar-refractivity contribution is -0.136. The van der Waals surface area contributed by atoms with Gasteiger partial charge >= 0.3 is 5.97 Å². The second kappa shape index (κ2) is 5.84. The van der Waals surface area contributed by atoms with Gasteiger partial charge in [-0.1, -0.05) is 12.1 Å². The van der Waals surface area contributed by atoms with Crippen LogP contribution < -0.4 is 10.6 Å². The van der Waals surface area contributed by atoms with Gasteiger partial charge in [0.05, 0.1) is 12.3 Å². The Labute approximate surface area is 112 Å². The Bertz CT molecular complexity index is 487. The number of amides is 1. The fourth-order valence-corrected chi connectivity index (χ4v) is 2.39. The summed E-state index contributed by atoms with van der Waals surface area (Å²) in [6.07, 6.45) is 0.799. The van der Waals surface area contributed by atoms with Gasteiger partial charge in [0.15, 0.2) is 0 Å². The number of hydrogen-bond donors (Lipinski definition) is 3. The summed E-state index contributed by atoms with van der Waals surface area (Å²) in [6, 6.07) is 7.16. The molecule has 19 heavy (non-hydrogen) atoms. The third-order valence-corrected chi connectivity index (χ3v) is 3.41. The second-order valence-electron chi connectivity index (χ2n) is 4.90. The molecule has 1 aliphatic rings. The Kier molecular flexibility index (Phi) is 4.16. The molecular weight excluding hydrogens is 244 g/mol. The van der Waals surface area contributed by atoms with Crippen LogP contribution in [0, 0.1) is 5.92 Å². The van der Waals surface area contributed by atoms with Gasteiger partial charge in [0.25, 0.3) is 0 Å². The van der Waals surface area contributed by atoms with E-state index in [1.165, 1.54) is 0 Å². The van der Waals surface area contributed by atoms with Crippen molar-refractivity contribution in [3.8, 4) is 0 Å². The maximum absolute atomic E-state index is 12.1. The number of carbonyl (C=O) groups excluding carboxylic acids is 1. The van der Waals surface area contributed by atoms with Gasteiger partial charge in [-0.25, -0.2) is 0 Å². The van der Waals surface area contributed by atoms with Gasteiger partial charge in [-0.15, -0.1) is 0 Å². The van der Waals surface area contributed by atoms with Crippen LogP contribution >= 0.6 is 0 Å². The molecule has 0 saturated carbocycles. The minimum absolute atomic E-state index is 0.00928. The van der Waals surface area contributed by atoms with Crippen molar-refractivity contribution in [1.29, 1.82) is 0 Å². The second-order valence-corrected chi connectivity index (χ2v) is 4.90. The summed E-state index contributed by atoms with van der Waals surface area (Å²) in [5.74, 6) is -0.912. The van der Waals surface area contributed by atoms with Gasteiger partial charge in [0.2, 0.25) is 5.91 Å². The summed E-state index contributed by atoms with van der Waals surface area (Å²) in [5.41, 5.74) is 1.34. The fourth-order valence-electron chi connectivity index (χ4n) is 2.39. The van der Waals surface area contributed by atoms with Crippen molar-refractivity contribution in [2.45, 2.75) is 25.8 Å². The van der Waals surface area contributed by atoms with Crippen LogP contribution in [0.15, 0.2) is 24.3 Å². The third kappa shape index (κ3) is 3.54. The van der Waals surface area contributed by atoms with Gasteiger partial charge in [0, 0.05) is 11.7 Å². The van der Waals surface area contributed by atoms with Crippen LogP contribution in [0.4, 0.5) is 5.69 Å². The van der Waals surface area contributed by atoms with E-state index < -0.39 is 5.97 Å². The number of rotatable bonds is 4. The molecule has 2 unspecified atom stereocenters. The number of carboxylic acid groups (broad SMARTS) is 1. The minimum atomic E-state index is -0.878. The van der Waals surface area contributed by atoms with E-state index in [-0.39, 0.29) is 24.3 Å². The van der Waals surface area contributed by atoms with Crippen LogP contribution in [-0.2, 0) is 16.0 Å². The first-order chi connectivity index (χ1) is 9.06. The van der Waals surface area contributed by atoms with Crippen molar-refractivity contribution in [3.05, 3.63) is 29.8 Å². The predicted octanol–water partition coefficient (Wildman–Crippen LogP) is 1.25. The number of hydrogen-bond acceptors (Lipinski definition) is 3. The summed E-state index contributed by atoms with van der Waals surface area (Å²) in [6.45, 7) is 2.86. The maximum atomic E-state index is 12.1. The zero-order chi connectivity index (χ0) is 13.8. The van der Waals surface area contributed by atoms with E-state index in [0.717, 1.165) is 13.0 Å². The van der Waals surface area contributed by atoms with Crippen LogP contribution in [0.25, 0.3) is 0 Å². The normalized spacial score (nSPS) is 22.2. The average Bonchev–Trinajstić information content (AvgIpc) is 2.75. The minimum Gasteiger partial charge on any atom is -0.481 e. The number of anilines is 1. The van der Waals surface area contributed by atoms with E-state index in [9.17, 15) is 9.59 Å². The first-order valence-electron chi connectivity index (χ1n) is 6.41. The van der Waals surface area contributed by atoms with E-state index in [2.05, 4.69) is 10.6 Å². The molecule has 1 aromatic carbocycles. The third-order valence-electron chi connectivity index (χ3n) is 3.41. The molecule has 1 aromatic rings. The van der Waals surface area contributed by atoms with Crippen LogP contribution in [0.5, 0.6) is 0 Å². The lowest BCUT2D eigenvalue weighted by atomic mass is 10.0. The van der Waals surface area contributed by atoms with Crippen LogP contribution in [-0.4, -0.2) is 29.6 Å². The van der Waals surface area contributed by atoms with E-state index in [4.69, 9.17) is 5.11 Å². The highest BCUT2D eigenvalue weighted by Gasteiger charge is 2.29. The largest absolute Gasteiger partial charge is 0.481 e. The quantitative estimate of drug-likeness (QED) is 0.763. The smallest absolute Gasteiger partial charge is 0.307 e. The Morgan fingerprint density at radius 2 is 2.26 bits per heavy atom. The van der Waals surface area contributed by atoms with E-state index in [1.807, 2.05) is 6.92 Å². The summed E-state index contributed by atoms with van der Waals surface area (Å²) in [7, 11) is 0. The van der Waals surface area contributed by atoms with Gasteiger partial charge in [0.1, 0.15) is 0 Å². The standard InChI is InChI=1S/C14H18N2O3/c1-9-12(5-6-15-9)14(19)16-11-4-2-3-10(7-11)8-13(17)18/h2-4,7,9,12,15H,5-6,8H2,1H3,(H,16,19)(H,17,18). The number of benzene rings is 1. The van der Waals surface area contributed by atoms with Crippen molar-refractivity contribution < 1.29 is 14.7 Å². The predicted molar refractivity (Wildman–Crippen MR) is 72.0 cm³/mol. The lowest BCUT2D eigenvalue weighted by Crippen LogP contribution is -2.32. The molecule has 2 rings (SSSR count). The number of carbonyl (C=O) groups is 2. The molecule has 5 heteroatoms. The summed E-state index contributed by atoms with van der Waals surface area (Å²) in [4.78, 5) is 22.7. The topological polar surface area (TPSA) is 78.4 Å². The first-order valence-corrected chi connectivity index (χ1v) is 6.41. The summed E-state index contributed by atoms with van der Waals surface area (Å²) >= 11 is 0. The molecule has 2 atom stereocenters. The lowest BCUT2D eigenvalue weighted by Gasteiger charge is -2.15. The Morgan fingerprint density at radius 3 is 2.89 bits per heavy atom. The van der Waals surface area contributed by atoms with Crippen molar-refractivity contribution in [2.75, 3.05) is 11.9 Å². The van der Waals surface area contributed by atoms with Gasteiger partial charge in [-0.2, -0.15) is 0 Å². The highest BCUT2D eigenvalue weighted by molar-refractivity contribution is 5.93. The number of nitrogens with one attached hydrogen (secondary N) is 2. The van der Waals surface area contributed by atoms with E-state index in [0.29, 0.717) is 11.3 Å². The highest BCUT2D eigenvalue weighted by atomic mass is 16.4.